The maximum Gasteiger partial charge on any atom is 0.287 e. The summed E-state index contributed by atoms with van der Waals surface area (Å²) in [7, 11) is 0. The molecule has 2 aromatic rings. The maximum absolute atomic E-state index is 12.2. The van der Waals surface area contributed by atoms with Gasteiger partial charge >= 0.3 is 0 Å². The van der Waals surface area contributed by atoms with Gasteiger partial charge in [0.2, 0.25) is 0 Å². The van der Waals surface area contributed by atoms with Crippen molar-refractivity contribution in [2.24, 2.45) is 0 Å². The van der Waals surface area contributed by atoms with E-state index in [2.05, 4.69) is 37.6 Å². The van der Waals surface area contributed by atoms with E-state index in [1.807, 2.05) is 54.6 Å². The van der Waals surface area contributed by atoms with E-state index in [-0.39, 0.29) is 11.7 Å². The van der Waals surface area contributed by atoms with E-state index in [4.69, 9.17) is 4.74 Å². The van der Waals surface area contributed by atoms with Crippen molar-refractivity contribution in [3.8, 4) is 11.8 Å². The fourth-order valence-electron chi connectivity index (χ4n) is 2.46. The number of allylic oxidation sites excluding steroid dienone is 4. The molecule has 3 heteroatoms. The first kappa shape index (κ1) is 21.8. The summed E-state index contributed by atoms with van der Waals surface area (Å²) in [5, 5.41) is 2.85. The molecule has 0 saturated carbocycles. The third-order valence-corrected chi connectivity index (χ3v) is 3.73. The highest BCUT2D eigenvalue weighted by atomic mass is 16.5. The first-order chi connectivity index (χ1) is 14.0. The second kappa shape index (κ2) is 11.4. The Morgan fingerprint density at radius 1 is 0.966 bits per heavy atom. The summed E-state index contributed by atoms with van der Waals surface area (Å²) in [5.74, 6) is 6.92. The topological polar surface area (TPSA) is 38.3 Å². The van der Waals surface area contributed by atoms with Gasteiger partial charge < -0.3 is 10.1 Å². The molecule has 2 aromatic carbocycles. The van der Waals surface area contributed by atoms with Crippen molar-refractivity contribution in [2.75, 3.05) is 0 Å². The average molecular weight is 386 g/mol. The average Bonchev–Trinajstić information content (AvgIpc) is 2.72. The van der Waals surface area contributed by atoms with Crippen LogP contribution in [0.1, 0.15) is 43.9 Å². The summed E-state index contributed by atoms with van der Waals surface area (Å²) in [6.45, 7) is 10.3. The SMILES string of the molecule is C=C1C=C(C)OC(C(=O)NCc2ccc(C#Cc3ccccc3)cc2)=C1.CCC. The van der Waals surface area contributed by atoms with Gasteiger partial charge in [0.05, 0.1) is 0 Å². The van der Waals surface area contributed by atoms with Crippen molar-refractivity contribution in [1.29, 1.82) is 0 Å². The summed E-state index contributed by atoms with van der Waals surface area (Å²) in [6, 6.07) is 17.7. The molecular weight excluding hydrogens is 358 g/mol. The highest BCUT2D eigenvalue weighted by Gasteiger charge is 2.15. The normalized spacial score (nSPS) is 12.2. The fraction of sp³-hybridized carbons (Fsp3) is 0.192. The molecule has 1 N–H and O–H groups in total. The number of benzene rings is 2. The summed E-state index contributed by atoms with van der Waals surface area (Å²) < 4.78 is 5.43. The molecular formula is C26H27NO2. The van der Waals surface area contributed by atoms with E-state index in [9.17, 15) is 4.79 Å². The van der Waals surface area contributed by atoms with Crippen LogP contribution in [0.2, 0.25) is 0 Å². The summed E-state index contributed by atoms with van der Waals surface area (Å²) in [5.41, 5.74) is 3.65. The third-order valence-electron chi connectivity index (χ3n) is 3.73. The van der Waals surface area contributed by atoms with Gasteiger partial charge in [0.25, 0.3) is 5.91 Å². The van der Waals surface area contributed by atoms with E-state index in [0.717, 1.165) is 22.3 Å². The standard InChI is InChI=1S/C23H19NO2.C3H8/c1-17-14-18(2)26-22(15-17)23(25)24-16-21-12-10-20(11-13-21)9-8-19-6-4-3-5-7-19;1-3-2/h3-7,10-15H,1,16H2,2H3,(H,24,25);3H2,1-2H3. The quantitative estimate of drug-likeness (QED) is 0.709. The summed E-state index contributed by atoms with van der Waals surface area (Å²) in [6.07, 6.45) is 4.66. The van der Waals surface area contributed by atoms with Crippen molar-refractivity contribution >= 4 is 5.91 Å². The minimum Gasteiger partial charge on any atom is -0.456 e. The number of carbonyl (C=O) groups is 1. The van der Waals surface area contributed by atoms with Crippen LogP contribution < -0.4 is 5.32 Å². The van der Waals surface area contributed by atoms with E-state index in [0.29, 0.717) is 12.3 Å². The Hall–Kier alpha value is -3.51. The molecule has 3 nitrogen and oxygen atoms in total. The van der Waals surface area contributed by atoms with Gasteiger partial charge in [-0.15, -0.1) is 0 Å². The number of hydrogen-bond acceptors (Lipinski definition) is 2. The Morgan fingerprint density at radius 2 is 1.55 bits per heavy atom. The zero-order chi connectivity index (χ0) is 21.1. The lowest BCUT2D eigenvalue weighted by molar-refractivity contribution is -0.120. The molecule has 29 heavy (non-hydrogen) atoms. The second-order valence-electron chi connectivity index (χ2n) is 6.64. The third kappa shape index (κ3) is 7.56. The first-order valence-corrected chi connectivity index (χ1v) is 9.72. The summed E-state index contributed by atoms with van der Waals surface area (Å²) >= 11 is 0. The van der Waals surface area contributed by atoms with Gasteiger partial charge in [-0.25, -0.2) is 0 Å². The molecule has 0 aromatic heterocycles. The molecule has 1 aliphatic rings. The molecule has 0 atom stereocenters. The largest absolute Gasteiger partial charge is 0.456 e. The molecule has 1 heterocycles. The van der Waals surface area contributed by atoms with Gasteiger partial charge in [-0.2, -0.15) is 0 Å². The minimum absolute atomic E-state index is 0.258. The Bertz CT molecular complexity index is 955. The predicted octanol–water partition coefficient (Wildman–Crippen LogP) is 5.49. The molecule has 0 radical (unpaired) electrons. The zero-order valence-electron chi connectivity index (χ0n) is 17.3. The van der Waals surface area contributed by atoms with Crippen LogP contribution in [0.4, 0.5) is 0 Å². The van der Waals surface area contributed by atoms with Gasteiger partial charge in [-0.3, -0.25) is 4.79 Å². The van der Waals surface area contributed by atoms with E-state index < -0.39 is 0 Å². The molecule has 0 aliphatic carbocycles. The lowest BCUT2D eigenvalue weighted by Gasteiger charge is -2.15. The van der Waals surface area contributed by atoms with Gasteiger partial charge in [-0.05, 0) is 54.5 Å². The van der Waals surface area contributed by atoms with Gasteiger partial charge in [0, 0.05) is 17.7 Å². The Labute approximate surface area is 173 Å². The minimum atomic E-state index is -0.258. The fourth-order valence-corrected chi connectivity index (χ4v) is 2.46. The van der Waals surface area contributed by atoms with Gasteiger partial charge in [0.1, 0.15) is 5.76 Å². The van der Waals surface area contributed by atoms with Crippen molar-refractivity contribution in [1.82, 2.24) is 5.32 Å². The number of carbonyl (C=O) groups excluding carboxylic acids is 1. The van der Waals surface area contributed by atoms with Gasteiger partial charge in [0.15, 0.2) is 5.76 Å². The van der Waals surface area contributed by atoms with Crippen LogP contribution in [0.25, 0.3) is 0 Å². The second-order valence-corrected chi connectivity index (χ2v) is 6.64. The van der Waals surface area contributed by atoms with Crippen LogP contribution in [-0.4, -0.2) is 5.91 Å². The molecule has 148 valence electrons. The molecule has 3 rings (SSSR count). The number of rotatable bonds is 3. The molecule has 0 fully saturated rings. The Morgan fingerprint density at radius 3 is 2.14 bits per heavy atom. The predicted molar refractivity (Wildman–Crippen MR) is 119 cm³/mol. The van der Waals surface area contributed by atoms with Crippen LogP contribution >= 0.6 is 0 Å². The lowest BCUT2D eigenvalue weighted by Crippen LogP contribution is -2.26. The van der Waals surface area contributed by atoms with Crippen LogP contribution in [0.3, 0.4) is 0 Å². The van der Waals surface area contributed by atoms with E-state index >= 15 is 0 Å². The van der Waals surface area contributed by atoms with Crippen LogP contribution in [0.15, 0.2) is 90.4 Å². The monoisotopic (exact) mass is 385 g/mol. The number of hydrogen-bond donors (Lipinski definition) is 1. The Balaban J connectivity index is 0.000000941. The smallest absolute Gasteiger partial charge is 0.287 e. The molecule has 0 spiro atoms. The van der Waals surface area contributed by atoms with Crippen molar-refractivity contribution in [3.63, 3.8) is 0 Å². The van der Waals surface area contributed by atoms with Crippen molar-refractivity contribution in [2.45, 2.75) is 33.7 Å². The zero-order valence-corrected chi connectivity index (χ0v) is 17.3. The number of amides is 1. The van der Waals surface area contributed by atoms with Gasteiger partial charge in [-0.1, -0.05) is 69.0 Å². The van der Waals surface area contributed by atoms with E-state index in [1.54, 1.807) is 19.1 Å². The number of nitrogens with one attached hydrogen (secondary N) is 1. The summed E-state index contributed by atoms with van der Waals surface area (Å²) in [4.78, 5) is 12.2. The lowest BCUT2D eigenvalue weighted by atomic mass is 10.1. The molecule has 0 unspecified atom stereocenters. The van der Waals surface area contributed by atoms with Crippen molar-refractivity contribution < 1.29 is 9.53 Å². The molecule has 0 saturated heterocycles. The Kier molecular flexibility index (Phi) is 8.53. The molecule has 0 bridgehead atoms. The highest BCUT2D eigenvalue weighted by Crippen LogP contribution is 2.17. The number of ether oxygens (including phenoxy) is 1. The molecule has 1 amide bonds. The van der Waals surface area contributed by atoms with Crippen LogP contribution in [0.5, 0.6) is 0 Å². The van der Waals surface area contributed by atoms with E-state index in [1.165, 1.54) is 6.42 Å². The van der Waals surface area contributed by atoms with Crippen LogP contribution in [0, 0.1) is 11.8 Å². The highest BCUT2D eigenvalue weighted by molar-refractivity contribution is 5.92. The first-order valence-electron chi connectivity index (χ1n) is 9.72. The van der Waals surface area contributed by atoms with Crippen LogP contribution in [-0.2, 0) is 16.1 Å². The molecule has 1 aliphatic heterocycles. The van der Waals surface area contributed by atoms with Crippen molar-refractivity contribution in [3.05, 3.63) is 107 Å². The maximum atomic E-state index is 12.2.